The Morgan fingerprint density at radius 3 is 2.12 bits per heavy atom. The standard InChI is InChI=1S/C22H32F2N2/c1-9-19(22(23)24)12-11-17(4)18(5)21(26(7)8)15-14-20(25-6)13-10-16(2)3/h9-13,22H,1-2,14-15H2,3-8H3/b13-10-,17-11+,19-12+,21-18+,25-20+. The normalized spacial score (nSPS) is 14.7. The molecular formula is C22H32F2N2. The lowest BCUT2D eigenvalue weighted by Gasteiger charge is -2.21. The lowest BCUT2D eigenvalue weighted by molar-refractivity contribution is 0.194. The van der Waals surface area contributed by atoms with Gasteiger partial charge in [-0.05, 0) is 50.8 Å². The van der Waals surface area contributed by atoms with Gasteiger partial charge >= 0.3 is 0 Å². The molecule has 0 bridgehead atoms. The van der Waals surface area contributed by atoms with Gasteiger partial charge in [-0.3, -0.25) is 4.99 Å². The number of aliphatic imine (C=N–C) groups is 1. The molecule has 0 aliphatic heterocycles. The molecule has 0 rings (SSSR count). The molecular weight excluding hydrogens is 330 g/mol. The van der Waals surface area contributed by atoms with Gasteiger partial charge < -0.3 is 4.90 Å². The number of hydrogen-bond donors (Lipinski definition) is 0. The molecule has 0 aromatic rings. The molecule has 0 aromatic heterocycles. The van der Waals surface area contributed by atoms with Crippen LogP contribution in [0.4, 0.5) is 8.78 Å². The monoisotopic (exact) mass is 362 g/mol. The number of nitrogens with zero attached hydrogens (tertiary/aromatic N) is 2. The molecule has 0 amide bonds. The summed E-state index contributed by atoms with van der Waals surface area (Å²) in [7, 11) is 5.76. The SMILES string of the molecule is C=C\C(=C/C=C(C)/C(C)=C(\CCC(/C=C\C(=C)C)=N/C)N(C)C)C(F)F. The van der Waals surface area contributed by atoms with Crippen molar-refractivity contribution >= 4 is 5.71 Å². The van der Waals surface area contributed by atoms with Gasteiger partial charge in [0.05, 0.1) is 0 Å². The van der Waals surface area contributed by atoms with Crippen LogP contribution in [0.15, 0.2) is 76.5 Å². The quantitative estimate of drug-likeness (QED) is 0.337. The first-order valence-corrected chi connectivity index (χ1v) is 8.59. The minimum Gasteiger partial charge on any atom is -0.381 e. The Balaban J connectivity index is 5.49. The predicted molar refractivity (Wildman–Crippen MR) is 111 cm³/mol. The van der Waals surface area contributed by atoms with Gasteiger partial charge in [0.15, 0.2) is 0 Å². The molecule has 0 saturated carbocycles. The van der Waals surface area contributed by atoms with Gasteiger partial charge in [-0.2, -0.15) is 0 Å². The maximum Gasteiger partial charge on any atom is 0.263 e. The fourth-order valence-corrected chi connectivity index (χ4v) is 2.30. The van der Waals surface area contributed by atoms with E-state index in [0.29, 0.717) is 0 Å². The zero-order valence-corrected chi connectivity index (χ0v) is 16.9. The molecule has 26 heavy (non-hydrogen) atoms. The first kappa shape index (κ1) is 23.8. The second-order valence-electron chi connectivity index (χ2n) is 6.38. The average molecular weight is 363 g/mol. The van der Waals surface area contributed by atoms with E-state index in [2.05, 4.69) is 23.1 Å². The fraction of sp³-hybridized carbons (Fsp3) is 0.409. The second kappa shape index (κ2) is 12.2. The molecule has 0 unspecified atom stereocenters. The van der Waals surface area contributed by atoms with Crippen molar-refractivity contribution in [2.24, 2.45) is 4.99 Å². The summed E-state index contributed by atoms with van der Waals surface area (Å²) in [6, 6.07) is 0. The Bertz CT molecular complexity index is 645. The Kier molecular flexibility index (Phi) is 11.1. The Hall–Kier alpha value is -2.23. The topological polar surface area (TPSA) is 15.6 Å². The highest BCUT2D eigenvalue weighted by Crippen LogP contribution is 2.21. The molecule has 0 spiro atoms. The molecule has 4 heteroatoms. The largest absolute Gasteiger partial charge is 0.381 e. The van der Waals surface area contributed by atoms with Crippen molar-refractivity contribution in [2.75, 3.05) is 21.1 Å². The van der Waals surface area contributed by atoms with Gasteiger partial charge in [0, 0.05) is 38.1 Å². The molecule has 0 fully saturated rings. The van der Waals surface area contributed by atoms with Crippen LogP contribution < -0.4 is 0 Å². The predicted octanol–water partition coefficient (Wildman–Crippen LogP) is 6.13. The third kappa shape index (κ3) is 8.75. The third-order valence-corrected chi connectivity index (χ3v) is 4.04. The van der Waals surface area contributed by atoms with E-state index >= 15 is 0 Å². The summed E-state index contributed by atoms with van der Waals surface area (Å²) in [6.45, 7) is 13.2. The van der Waals surface area contributed by atoms with Crippen molar-refractivity contribution in [2.45, 2.75) is 40.0 Å². The van der Waals surface area contributed by atoms with E-state index in [4.69, 9.17) is 0 Å². The molecule has 0 heterocycles. The van der Waals surface area contributed by atoms with Crippen LogP contribution in [0.2, 0.25) is 0 Å². The Morgan fingerprint density at radius 1 is 1.08 bits per heavy atom. The van der Waals surface area contributed by atoms with Crippen LogP contribution >= 0.6 is 0 Å². The van der Waals surface area contributed by atoms with Crippen molar-refractivity contribution in [1.29, 1.82) is 0 Å². The molecule has 2 nitrogen and oxygen atoms in total. The van der Waals surface area contributed by atoms with Crippen LogP contribution in [0.3, 0.4) is 0 Å². The van der Waals surface area contributed by atoms with E-state index in [9.17, 15) is 8.78 Å². The lowest BCUT2D eigenvalue weighted by atomic mass is 10.0. The van der Waals surface area contributed by atoms with Crippen LogP contribution in [0.5, 0.6) is 0 Å². The van der Waals surface area contributed by atoms with E-state index in [1.54, 1.807) is 13.1 Å². The Labute approximate surface area is 157 Å². The van der Waals surface area contributed by atoms with E-state index < -0.39 is 6.43 Å². The van der Waals surface area contributed by atoms with Crippen molar-refractivity contribution in [1.82, 2.24) is 4.90 Å². The summed E-state index contributed by atoms with van der Waals surface area (Å²) in [5, 5.41) is 0. The molecule has 0 radical (unpaired) electrons. The summed E-state index contributed by atoms with van der Waals surface area (Å²) < 4.78 is 25.6. The molecule has 0 aliphatic rings. The minimum atomic E-state index is -2.52. The summed E-state index contributed by atoms with van der Waals surface area (Å²) in [4.78, 5) is 6.38. The highest BCUT2D eigenvalue weighted by atomic mass is 19.3. The summed E-state index contributed by atoms with van der Waals surface area (Å²) in [6.07, 6.45) is 7.36. The van der Waals surface area contributed by atoms with Crippen LogP contribution in [0.1, 0.15) is 33.6 Å². The van der Waals surface area contributed by atoms with Gasteiger partial charge in [0.25, 0.3) is 6.43 Å². The number of allylic oxidation sites excluding steroid dienone is 10. The molecule has 0 saturated heterocycles. The maximum atomic E-state index is 12.8. The van der Waals surface area contributed by atoms with Crippen molar-refractivity contribution in [3.8, 4) is 0 Å². The second-order valence-corrected chi connectivity index (χ2v) is 6.38. The van der Waals surface area contributed by atoms with E-state index in [0.717, 1.165) is 41.0 Å². The number of hydrogen-bond acceptors (Lipinski definition) is 2. The molecule has 0 atom stereocenters. The van der Waals surface area contributed by atoms with Crippen LogP contribution in [-0.4, -0.2) is 38.2 Å². The average Bonchev–Trinajstić information content (AvgIpc) is 2.56. The van der Waals surface area contributed by atoms with Gasteiger partial charge in [0.1, 0.15) is 0 Å². The van der Waals surface area contributed by atoms with Crippen molar-refractivity contribution in [3.05, 3.63) is 71.5 Å². The van der Waals surface area contributed by atoms with Gasteiger partial charge in [-0.25, -0.2) is 8.78 Å². The first-order chi connectivity index (χ1) is 12.1. The maximum absolute atomic E-state index is 12.8. The minimum absolute atomic E-state index is 0.0751. The zero-order valence-electron chi connectivity index (χ0n) is 16.9. The fourth-order valence-electron chi connectivity index (χ4n) is 2.30. The van der Waals surface area contributed by atoms with Gasteiger partial charge in [-0.1, -0.05) is 43.0 Å². The van der Waals surface area contributed by atoms with Gasteiger partial charge in [0.2, 0.25) is 0 Å². The van der Waals surface area contributed by atoms with Crippen LogP contribution in [0.25, 0.3) is 0 Å². The van der Waals surface area contributed by atoms with Gasteiger partial charge in [-0.15, -0.1) is 0 Å². The van der Waals surface area contributed by atoms with Crippen LogP contribution in [0, 0.1) is 0 Å². The van der Waals surface area contributed by atoms with E-state index in [1.807, 2.05) is 47.0 Å². The highest BCUT2D eigenvalue weighted by molar-refractivity contribution is 5.95. The van der Waals surface area contributed by atoms with Crippen molar-refractivity contribution < 1.29 is 8.78 Å². The first-order valence-electron chi connectivity index (χ1n) is 8.59. The Morgan fingerprint density at radius 2 is 1.69 bits per heavy atom. The summed E-state index contributed by atoms with van der Waals surface area (Å²) in [5.74, 6) is 0. The molecule has 0 N–H and O–H groups in total. The summed E-state index contributed by atoms with van der Waals surface area (Å²) in [5.41, 5.74) is 5.06. The third-order valence-electron chi connectivity index (χ3n) is 4.04. The number of alkyl halides is 2. The summed E-state index contributed by atoms with van der Waals surface area (Å²) >= 11 is 0. The smallest absolute Gasteiger partial charge is 0.263 e. The number of halogens is 2. The zero-order chi connectivity index (χ0) is 20.3. The van der Waals surface area contributed by atoms with Crippen LogP contribution in [-0.2, 0) is 0 Å². The van der Waals surface area contributed by atoms with Crippen molar-refractivity contribution in [3.63, 3.8) is 0 Å². The molecule has 0 aliphatic carbocycles. The molecule has 0 aromatic carbocycles. The van der Waals surface area contributed by atoms with E-state index in [1.165, 1.54) is 12.2 Å². The lowest BCUT2D eigenvalue weighted by Crippen LogP contribution is -2.14. The van der Waals surface area contributed by atoms with E-state index in [-0.39, 0.29) is 5.57 Å². The highest BCUT2D eigenvalue weighted by Gasteiger charge is 2.09. The number of rotatable bonds is 10. The molecule has 144 valence electrons.